The Morgan fingerprint density at radius 3 is 1.61 bits per heavy atom. The molecule has 0 spiro atoms. The number of para-hydroxylation sites is 2. The van der Waals surface area contributed by atoms with E-state index in [-0.39, 0.29) is 0 Å². The Bertz CT molecular complexity index is 3510. The highest BCUT2D eigenvalue weighted by molar-refractivity contribution is 7.26. The highest BCUT2D eigenvalue weighted by Gasteiger charge is 2.24. The van der Waals surface area contributed by atoms with Gasteiger partial charge in [-0.25, -0.2) is 4.98 Å². The molecule has 0 atom stereocenters. The van der Waals surface area contributed by atoms with Gasteiger partial charge >= 0.3 is 0 Å². The summed E-state index contributed by atoms with van der Waals surface area (Å²) in [5.74, 6) is 1.85. The van der Waals surface area contributed by atoms with Crippen LogP contribution in [-0.4, -0.2) is 24.1 Å². The van der Waals surface area contributed by atoms with Crippen LogP contribution >= 0.6 is 11.3 Å². The molecule has 0 aliphatic carbocycles. The fraction of sp³-hybridized carbons (Fsp3) is 0. The van der Waals surface area contributed by atoms with Crippen LogP contribution < -0.4 is 0 Å². The summed E-state index contributed by atoms with van der Waals surface area (Å²) in [4.78, 5) is 16.0. The van der Waals surface area contributed by atoms with Crippen LogP contribution in [0, 0.1) is 0 Å². The molecule has 266 valence electrons. The summed E-state index contributed by atoms with van der Waals surface area (Å²) in [6, 6.07) is 66.6. The van der Waals surface area contributed by atoms with Crippen molar-refractivity contribution in [2.24, 2.45) is 0 Å². The van der Waals surface area contributed by atoms with Crippen LogP contribution in [-0.2, 0) is 0 Å². The second-order valence-corrected chi connectivity index (χ2v) is 15.5. The first-order valence-electron chi connectivity index (χ1n) is 19.1. The zero-order valence-electron chi connectivity index (χ0n) is 30.5. The van der Waals surface area contributed by atoms with Crippen LogP contribution in [0.3, 0.4) is 0 Å². The SMILES string of the molecule is c1ccc(-c2ccc(-n3c4ccccc4c4ccc5c6ccccc6n(-c6nc(-c7ccccc7)nc(-c7cccc8c7sc7ccccc78)n6)c5c43)cc2)cc1. The van der Waals surface area contributed by atoms with E-state index in [9.17, 15) is 0 Å². The maximum Gasteiger partial charge on any atom is 0.238 e. The Balaban J connectivity index is 1.19. The van der Waals surface area contributed by atoms with Gasteiger partial charge < -0.3 is 4.57 Å². The smallest absolute Gasteiger partial charge is 0.238 e. The van der Waals surface area contributed by atoms with Gasteiger partial charge in [-0.15, -0.1) is 11.3 Å². The molecule has 0 saturated heterocycles. The minimum Gasteiger partial charge on any atom is -0.307 e. The van der Waals surface area contributed by atoms with Gasteiger partial charge in [0.2, 0.25) is 5.95 Å². The van der Waals surface area contributed by atoms with Gasteiger partial charge in [-0.1, -0.05) is 152 Å². The zero-order valence-corrected chi connectivity index (χ0v) is 31.4. The summed E-state index contributed by atoms with van der Waals surface area (Å²) in [6.45, 7) is 0. The summed E-state index contributed by atoms with van der Waals surface area (Å²) >= 11 is 1.79. The summed E-state index contributed by atoms with van der Waals surface area (Å²) in [5, 5.41) is 7.08. The molecule has 0 amide bonds. The Morgan fingerprint density at radius 1 is 0.351 bits per heavy atom. The molecule has 0 unspecified atom stereocenters. The number of hydrogen-bond acceptors (Lipinski definition) is 4. The Hall–Kier alpha value is -7.41. The van der Waals surface area contributed by atoms with Gasteiger partial charge in [-0.3, -0.25) is 4.57 Å². The van der Waals surface area contributed by atoms with Crippen molar-refractivity contribution in [1.82, 2.24) is 24.1 Å². The van der Waals surface area contributed by atoms with Gasteiger partial charge in [0.15, 0.2) is 11.6 Å². The van der Waals surface area contributed by atoms with Crippen molar-refractivity contribution in [2.45, 2.75) is 0 Å². The first kappa shape index (κ1) is 31.9. The number of thiophene rings is 1. The van der Waals surface area contributed by atoms with E-state index >= 15 is 0 Å². The zero-order chi connectivity index (χ0) is 37.5. The van der Waals surface area contributed by atoms with E-state index in [2.05, 4.69) is 179 Å². The van der Waals surface area contributed by atoms with Crippen LogP contribution in [0.4, 0.5) is 0 Å². The molecule has 6 heteroatoms. The third-order valence-electron chi connectivity index (χ3n) is 11.2. The first-order valence-corrected chi connectivity index (χ1v) is 19.9. The lowest BCUT2D eigenvalue weighted by atomic mass is 10.1. The van der Waals surface area contributed by atoms with Crippen LogP contribution in [0.5, 0.6) is 0 Å². The lowest BCUT2D eigenvalue weighted by molar-refractivity contribution is 0.954. The van der Waals surface area contributed by atoms with Crippen LogP contribution in [0.1, 0.15) is 0 Å². The summed E-state index contributed by atoms with van der Waals surface area (Å²) in [7, 11) is 0. The second-order valence-electron chi connectivity index (χ2n) is 14.4. The fourth-order valence-corrected chi connectivity index (χ4v) is 9.85. The maximum atomic E-state index is 5.44. The van der Waals surface area contributed by atoms with Gasteiger partial charge in [-0.05, 0) is 47.5 Å². The van der Waals surface area contributed by atoms with Crippen molar-refractivity contribution in [2.75, 3.05) is 0 Å². The molecule has 57 heavy (non-hydrogen) atoms. The molecular formula is C51H31N5S. The van der Waals surface area contributed by atoms with Gasteiger partial charge in [0.05, 0.1) is 22.1 Å². The van der Waals surface area contributed by atoms with Crippen molar-refractivity contribution in [3.8, 4) is 45.5 Å². The highest BCUT2D eigenvalue weighted by atomic mass is 32.1. The lowest BCUT2D eigenvalue weighted by Gasteiger charge is -2.14. The number of rotatable bonds is 5. The minimum atomic E-state index is 0.576. The molecule has 0 N–H and O–H groups in total. The van der Waals surface area contributed by atoms with Crippen molar-refractivity contribution in [3.63, 3.8) is 0 Å². The Morgan fingerprint density at radius 2 is 0.895 bits per heavy atom. The van der Waals surface area contributed by atoms with Crippen molar-refractivity contribution in [1.29, 1.82) is 0 Å². The molecule has 4 aromatic heterocycles. The van der Waals surface area contributed by atoms with Gasteiger partial charge in [0.25, 0.3) is 0 Å². The number of aromatic nitrogens is 5. The molecule has 0 saturated carbocycles. The number of fused-ring (bicyclic) bond motifs is 10. The third kappa shape index (κ3) is 4.91. The largest absolute Gasteiger partial charge is 0.307 e. The van der Waals surface area contributed by atoms with Crippen molar-refractivity contribution < 1.29 is 0 Å². The molecule has 12 rings (SSSR count). The molecule has 5 nitrogen and oxygen atoms in total. The summed E-state index contributed by atoms with van der Waals surface area (Å²) in [5.41, 5.74) is 9.72. The molecule has 0 aliphatic heterocycles. The van der Waals surface area contributed by atoms with E-state index in [1.807, 2.05) is 18.2 Å². The van der Waals surface area contributed by atoms with E-state index in [0.29, 0.717) is 17.6 Å². The summed E-state index contributed by atoms with van der Waals surface area (Å²) < 4.78 is 7.09. The quantitative estimate of drug-likeness (QED) is 0.176. The molecule has 0 aliphatic rings. The topological polar surface area (TPSA) is 48.5 Å². The predicted octanol–water partition coefficient (Wildman–Crippen LogP) is 13.4. The molecule has 0 bridgehead atoms. The molecule has 0 radical (unpaired) electrons. The summed E-state index contributed by atoms with van der Waals surface area (Å²) in [6.07, 6.45) is 0. The van der Waals surface area contributed by atoms with E-state index < -0.39 is 0 Å². The molecule has 4 heterocycles. The average molecular weight is 746 g/mol. The predicted molar refractivity (Wildman–Crippen MR) is 238 cm³/mol. The average Bonchev–Trinajstić information content (AvgIpc) is 3.95. The molecule has 8 aromatic carbocycles. The highest BCUT2D eigenvalue weighted by Crippen LogP contribution is 2.43. The van der Waals surface area contributed by atoms with E-state index in [0.717, 1.165) is 49.7 Å². The van der Waals surface area contributed by atoms with E-state index in [4.69, 9.17) is 15.0 Å². The number of nitrogens with zero attached hydrogens (tertiary/aromatic N) is 5. The normalized spacial score (nSPS) is 11.9. The number of hydrogen-bond donors (Lipinski definition) is 0. The van der Waals surface area contributed by atoms with E-state index in [1.54, 1.807) is 11.3 Å². The third-order valence-corrected chi connectivity index (χ3v) is 12.4. The van der Waals surface area contributed by atoms with Crippen LogP contribution in [0.25, 0.3) is 109 Å². The van der Waals surface area contributed by atoms with Crippen LogP contribution in [0.2, 0.25) is 0 Å². The van der Waals surface area contributed by atoms with Gasteiger partial charge in [0.1, 0.15) is 0 Å². The second kappa shape index (κ2) is 12.6. The lowest BCUT2D eigenvalue weighted by Crippen LogP contribution is -2.07. The van der Waals surface area contributed by atoms with Crippen molar-refractivity contribution >= 4 is 75.1 Å². The molecular weight excluding hydrogens is 715 g/mol. The van der Waals surface area contributed by atoms with Crippen molar-refractivity contribution in [3.05, 3.63) is 188 Å². The van der Waals surface area contributed by atoms with E-state index in [1.165, 1.54) is 42.1 Å². The fourth-order valence-electron chi connectivity index (χ4n) is 8.63. The van der Waals surface area contributed by atoms with Gasteiger partial charge in [0, 0.05) is 58.5 Å². The van der Waals surface area contributed by atoms with Crippen LogP contribution in [0.15, 0.2) is 188 Å². The monoisotopic (exact) mass is 745 g/mol. The molecule has 0 fully saturated rings. The minimum absolute atomic E-state index is 0.576. The van der Waals surface area contributed by atoms with Gasteiger partial charge in [-0.2, -0.15) is 9.97 Å². The Kier molecular flexibility index (Phi) is 7.03. The Labute approximate surface area is 331 Å². The first-order chi connectivity index (χ1) is 28.3. The standard InChI is InChI=1S/C51H31N5S/c1-3-14-32(15-4-1)33-26-28-35(29-27-33)55-43-23-10-7-18-36(43)39-30-31-40-37-19-8-11-24-44(37)56(47(40)46(39)55)51-53-49(34-16-5-2-6-17-34)52-50(54-51)42-22-13-21-41-38-20-9-12-25-45(38)57-48(41)42/h1-31H. The maximum absolute atomic E-state index is 5.44. The molecule has 12 aromatic rings. The number of benzene rings is 8.